The summed E-state index contributed by atoms with van der Waals surface area (Å²) in [6.45, 7) is 10.2. The van der Waals surface area contributed by atoms with Crippen molar-refractivity contribution < 1.29 is 5.11 Å². The summed E-state index contributed by atoms with van der Waals surface area (Å²) >= 11 is 0. The van der Waals surface area contributed by atoms with Crippen LogP contribution in [0.3, 0.4) is 0 Å². The van der Waals surface area contributed by atoms with Crippen LogP contribution in [0.5, 0.6) is 0 Å². The lowest BCUT2D eigenvalue weighted by Crippen LogP contribution is -2.54. The van der Waals surface area contributed by atoms with Crippen LogP contribution in [0.4, 0.5) is 0 Å². The van der Waals surface area contributed by atoms with Crippen LogP contribution in [0.2, 0.25) is 0 Å². The van der Waals surface area contributed by atoms with Gasteiger partial charge in [-0.15, -0.1) is 0 Å². The molecule has 15 heavy (non-hydrogen) atoms. The second kappa shape index (κ2) is 3.74. The zero-order valence-corrected chi connectivity index (χ0v) is 10.4. The third-order valence-electron chi connectivity index (χ3n) is 4.19. The molecule has 0 atom stereocenters. The maximum atomic E-state index is 10.5. The van der Waals surface area contributed by atoms with E-state index in [2.05, 4.69) is 25.7 Å². The molecule has 0 aromatic heterocycles. The largest absolute Gasteiger partial charge is 0.389 e. The number of hydrogen-bond acceptors (Lipinski definition) is 2. The van der Waals surface area contributed by atoms with Gasteiger partial charge in [-0.1, -0.05) is 20.8 Å². The zero-order valence-electron chi connectivity index (χ0n) is 10.4. The Bertz CT molecular complexity index is 221. The van der Waals surface area contributed by atoms with Crippen LogP contribution in [0, 0.1) is 11.3 Å². The van der Waals surface area contributed by atoms with Crippen molar-refractivity contribution in [3.8, 4) is 0 Å². The smallest absolute Gasteiger partial charge is 0.0774 e. The second-order valence-electron chi connectivity index (χ2n) is 6.69. The average Bonchev–Trinajstić information content (AvgIpc) is 2.09. The first-order valence-corrected chi connectivity index (χ1v) is 6.33. The highest BCUT2D eigenvalue weighted by Crippen LogP contribution is 2.40. The minimum atomic E-state index is -0.379. The van der Waals surface area contributed by atoms with Crippen LogP contribution in [-0.2, 0) is 0 Å². The van der Waals surface area contributed by atoms with E-state index in [4.69, 9.17) is 0 Å². The summed E-state index contributed by atoms with van der Waals surface area (Å²) in [5.41, 5.74) is 0.0735. The van der Waals surface area contributed by atoms with Crippen LogP contribution in [0.25, 0.3) is 0 Å². The first-order chi connectivity index (χ1) is 6.89. The van der Waals surface area contributed by atoms with Gasteiger partial charge in [-0.2, -0.15) is 0 Å². The molecule has 0 unspecified atom stereocenters. The quantitative estimate of drug-likeness (QED) is 0.757. The van der Waals surface area contributed by atoms with E-state index in [1.807, 2.05) is 0 Å². The fourth-order valence-corrected chi connectivity index (χ4v) is 2.92. The molecule has 1 saturated heterocycles. The molecule has 88 valence electrons. The number of rotatable bonds is 2. The second-order valence-corrected chi connectivity index (χ2v) is 6.69. The minimum Gasteiger partial charge on any atom is -0.389 e. The predicted molar refractivity (Wildman–Crippen MR) is 62.8 cm³/mol. The Kier molecular flexibility index (Phi) is 2.85. The Morgan fingerprint density at radius 1 is 1.13 bits per heavy atom. The van der Waals surface area contributed by atoms with E-state index in [0.29, 0.717) is 5.41 Å². The fraction of sp³-hybridized carbons (Fsp3) is 1.00. The molecule has 1 saturated carbocycles. The van der Waals surface area contributed by atoms with Crippen LogP contribution in [0.15, 0.2) is 0 Å². The molecule has 0 aromatic carbocycles. The number of aliphatic hydroxyl groups is 1. The molecule has 1 heterocycles. The van der Waals surface area contributed by atoms with E-state index in [9.17, 15) is 5.11 Å². The van der Waals surface area contributed by atoms with E-state index in [1.54, 1.807) is 0 Å². The highest BCUT2D eigenvalue weighted by molar-refractivity contribution is 4.93. The number of hydrogen-bond donors (Lipinski definition) is 1. The molecule has 1 N–H and O–H groups in total. The van der Waals surface area contributed by atoms with E-state index in [-0.39, 0.29) is 5.60 Å². The molecule has 0 aromatic rings. The van der Waals surface area contributed by atoms with Gasteiger partial charge >= 0.3 is 0 Å². The van der Waals surface area contributed by atoms with E-state index in [1.165, 1.54) is 25.9 Å². The summed E-state index contributed by atoms with van der Waals surface area (Å²) in [6.07, 6.45) is 4.33. The van der Waals surface area contributed by atoms with Crippen molar-refractivity contribution in [1.82, 2.24) is 4.90 Å². The number of likely N-dealkylation sites (tertiary alicyclic amines) is 1. The molecule has 2 heteroatoms. The van der Waals surface area contributed by atoms with Gasteiger partial charge in [0.25, 0.3) is 0 Å². The molecule has 0 spiro atoms. The average molecular weight is 211 g/mol. The van der Waals surface area contributed by atoms with Crippen LogP contribution < -0.4 is 0 Å². The lowest BCUT2D eigenvalue weighted by Gasteiger charge is -2.46. The molecule has 1 aliphatic heterocycles. The SMILES string of the molecule is CC1CN(CC2(O)CCC(C)(C)CC2)C1. The van der Waals surface area contributed by atoms with Gasteiger partial charge in [0.05, 0.1) is 5.60 Å². The highest BCUT2D eigenvalue weighted by atomic mass is 16.3. The van der Waals surface area contributed by atoms with Crippen molar-refractivity contribution in [2.75, 3.05) is 19.6 Å². The Hall–Kier alpha value is -0.0800. The van der Waals surface area contributed by atoms with Crippen molar-refractivity contribution in [2.24, 2.45) is 11.3 Å². The lowest BCUT2D eigenvalue weighted by atomic mass is 9.70. The number of nitrogens with zero attached hydrogens (tertiary/aromatic N) is 1. The lowest BCUT2D eigenvalue weighted by molar-refractivity contribution is -0.0688. The van der Waals surface area contributed by atoms with Gasteiger partial charge in [-0.25, -0.2) is 0 Å². The summed E-state index contributed by atoms with van der Waals surface area (Å²) in [5.74, 6) is 0.841. The van der Waals surface area contributed by atoms with Gasteiger partial charge in [-0.05, 0) is 37.0 Å². The molecule has 1 aliphatic carbocycles. The van der Waals surface area contributed by atoms with Crippen molar-refractivity contribution in [2.45, 2.75) is 52.1 Å². The first-order valence-electron chi connectivity index (χ1n) is 6.33. The monoisotopic (exact) mass is 211 g/mol. The molecule has 2 aliphatic rings. The summed E-state index contributed by atoms with van der Waals surface area (Å²) in [7, 11) is 0. The van der Waals surface area contributed by atoms with Gasteiger partial charge in [0.2, 0.25) is 0 Å². The summed E-state index contributed by atoms with van der Waals surface area (Å²) < 4.78 is 0. The van der Waals surface area contributed by atoms with Crippen molar-refractivity contribution in [1.29, 1.82) is 0 Å². The molecule has 2 nitrogen and oxygen atoms in total. The van der Waals surface area contributed by atoms with Gasteiger partial charge in [-0.3, -0.25) is 4.90 Å². The van der Waals surface area contributed by atoms with Gasteiger partial charge in [0.15, 0.2) is 0 Å². The molecular weight excluding hydrogens is 186 g/mol. The summed E-state index contributed by atoms with van der Waals surface area (Å²) in [4.78, 5) is 2.41. The van der Waals surface area contributed by atoms with Gasteiger partial charge in [0, 0.05) is 19.6 Å². The Balaban J connectivity index is 1.81. The minimum absolute atomic E-state index is 0.379. The maximum Gasteiger partial charge on any atom is 0.0774 e. The molecule has 2 rings (SSSR count). The summed E-state index contributed by atoms with van der Waals surface area (Å²) in [5, 5.41) is 10.5. The zero-order chi connectivity index (χ0) is 11.1. The molecule has 0 bridgehead atoms. The van der Waals surface area contributed by atoms with E-state index < -0.39 is 0 Å². The Morgan fingerprint density at radius 2 is 1.67 bits per heavy atom. The standard InChI is InChI=1S/C13H25NO/c1-11-8-14(9-11)10-13(15)6-4-12(2,3)5-7-13/h11,15H,4-10H2,1-3H3. The van der Waals surface area contributed by atoms with Crippen molar-refractivity contribution in [3.05, 3.63) is 0 Å². The van der Waals surface area contributed by atoms with Crippen LogP contribution >= 0.6 is 0 Å². The Labute approximate surface area is 93.7 Å². The third kappa shape index (κ3) is 2.73. The molecule has 0 radical (unpaired) electrons. The van der Waals surface area contributed by atoms with E-state index in [0.717, 1.165) is 25.3 Å². The Morgan fingerprint density at radius 3 is 2.13 bits per heavy atom. The van der Waals surface area contributed by atoms with Crippen LogP contribution in [0.1, 0.15) is 46.5 Å². The molecular formula is C13H25NO. The predicted octanol–water partition coefficient (Wildman–Crippen LogP) is 2.27. The highest BCUT2D eigenvalue weighted by Gasteiger charge is 2.39. The van der Waals surface area contributed by atoms with E-state index >= 15 is 0 Å². The van der Waals surface area contributed by atoms with Gasteiger partial charge in [0.1, 0.15) is 0 Å². The van der Waals surface area contributed by atoms with Crippen molar-refractivity contribution >= 4 is 0 Å². The first kappa shape index (κ1) is 11.4. The molecule has 0 amide bonds. The fourth-order valence-electron chi connectivity index (χ4n) is 2.92. The molecule has 2 fully saturated rings. The summed E-state index contributed by atoms with van der Waals surface area (Å²) in [6, 6.07) is 0. The third-order valence-corrected chi connectivity index (χ3v) is 4.19. The topological polar surface area (TPSA) is 23.5 Å². The number of β-amino-alcohol motifs (C(OH)–C–C–N with tert-alkyl or cyclic N) is 1. The maximum absolute atomic E-state index is 10.5. The van der Waals surface area contributed by atoms with Crippen LogP contribution in [-0.4, -0.2) is 35.2 Å². The van der Waals surface area contributed by atoms with Gasteiger partial charge < -0.3 is 5.11 Å². The van der Waals surface area contributed by atoms with Crippen molar-refractivity contribution in [3.63, 3.8) is 0 Å². The normalized spacial score (nSPS) is 31.2.